The normalized spacial score (nSPS) is 16.7. The van der Waals surface area contributed by atoms with Crippen LogP contribution in [-0.2, 0) is 22.5 Å². The van der Waals surface area contributed by atoms with Gasteiger partial charge in [-0.15, -0.1) is 5.10 Å². The fourth-order valence-corrected chi connectivity index (χ4v) is 2.97. The number of tetrazole rings is 1. The summed E-state index contributed by atoms with van der Waals surface area (Å²) in [4.78, 5) is 12.4. The lowest BCUT2D eigenvalue weighted by Crippen LogP contribution is -2.20. The lowest BCUT2D eigenvalue weighted by atomic mass is 10.1. The van der Waals surface area contributed by atoms with Crippen LogP contribution in [0.2, 0.25) is 0 Å². The van der Waals surface area contributed by atoms with Gasteiger partial charge >= 0.3 is 0 Å². The van der Waals surface area contributed by atoms with E-state index >= 15 is 0 Å². The number of aromatic nitrogens is 6. The molecule has 4 rings (SSSR count). The third kappa shape index (κ3) is 3.77. The molecule has 0 bridgehead atoms. The van der Waals surface area contributed by atoms with E-state index in [4.69, 9.17) is 4.74 Å². The fraction of sp³-hybridized carbons (Fsp3) is 0.353. The lowest BCUT2D eigenvalue weighted by Gasteiger charge is -2.12. The molecule has 1 aliphatic rings. The molecule has 3 aromatic rings. The minimum Gasteiger partial charge on any atom is -0.381 e. The van der Waals surface area contributed by atoms with Crippen molar-refractivity contribution in [2.75, 3.05) is 18.5 Å². The van der Waals surface area contributed by atoms with Gasteiger partial charge in [-0.05, 0) is 34.5 Å². The SMILES string of the molecule is O=C(Cc1ccc(-n2cnnn2)cc1)Nc1ccnn1CC1CCOC1. The second-order valence-electron chi connectivity index (χ2n) is 6.27. The maximum atomic E-state index is 12.4. The van der Waals surface area contributed by atoms with Crippen molar-refractivity contribution >= 4 is 11.7 Å². The van der Waals surface area contributed by atoms with Crippen molar-refractivity contribution in [3.63, 3.8) is 0 Å². The van der Waals surface area contributed by atoms with Gasteiger partial charge in [-0.25, -0.2) is 9.36 Å². The van der Waals surface area contributed by atoms with Crippen LogP contribution in [0.3, 0.4) is 0 Å². The van der Waals surface area contributed by atoms with Crippen LogP contribution in [0.5, 0.6) is 0 Å². The second kappa shape index (κ2) is 7.44. The standard InChI is InChI=1S/C17H19N7O2/c25-17(9-13-1-3-15(4-2-13)24-12-18-21-22-24)20-16-5-7-19-23(16)10-14-6-8-26-11-14/h1-5,7,12,14H,6,8-11H2,(H,20,25). The van der Waals surface area contributed by atoms with E-state index in [9.17, 15) is 4.79 Å². The Hall–Kier alpha value is -3.07. The average Bonchev–Trinajstić information content (AvgIpc) is 3.40. The summed E-state index contributed by atoms with van der Waals surface area (Å²) in [5.74, 6) is 1.08. The summed E-state index contributed by atoms with van der Waals surface area (Å²) < 4.78 is 8.80. The summed E-state index contributed by atoms with van der Waals surface area (Å²) in [6.07, 6.45) is 4.54. The molecule has 9 heteroatoms. The van der Waals surface area contributed by atoms with Crippen LogP contribution in [-0.4, -0.2) is 49.1 Å². The van der Waals surface area contributed by atoms with E-state index in [2.05, 4.69) is 25.9 Å². The van der Waals surface area contributed by atoms with Gasteiger partial charge in [-0.2, -0.15) is 5.10 Å². The molecule has 1 unspecified atom stereocenters. The van der Waals surface area contributed by atoms with Crippen molar-refractivity contribution in [1.29, 1.82) is 0 Å². The van der Waals surface area contributed by atoms with E-state index in [1.165, 1.54) is 6.33 Å². The van der Waals surface area contributed by atoms with Gasteiger partial charge in [0.05, 0.1) is 24.9 Å². The Labute approximate surface area is 150 Å². The molecule has 0 saturated carbocycles. The number of rotatable bonds is 6. The number of amides is 1. The number of nitrogens with zero attached hydrogens (tertiary/aromatic N) is 6. The third-order valence-corrected chi connectivity index (χ3v) is 4.35. The number of hydrogen-bond donors (Lipinski definition) is 1. The Bertz CT molecular complexity index is 852. The molecule has 3 heterocycles. The molecule has 1 saturated heterocycles. The predicted molar refractivity (Wildman–Crippen MR) is 92.6 cm³/mol. The first-order chi connectivity index (χ1) is 12.8. The van der Waals surface area contributed by atoms with Gasteiger partial charge in [0.2, 0.25) is 5.91 Å². The Morgan fingerprint density at radius 2 is 2.15 bits per heavy atom. The third-order valence-electron chi connectivity index (χ3n) is 4.35. The van der Waals surface area contributed by atoms with Gasteiger partial charge in [0, 0.05) is 25.1 Å². The number of carbonyl (C=O) groups is 1. The van der Waals surface area contributed by atoms with E-state index in [0.717, 1.165) is 37.4 Å². The number of benzene rings is 1. The zero-order chi connectivity index (χ0) is 17.8. The van der Waals surface area contributed by atoms with Crippen LogP contribution in [0.15, 0.2) is 42.9 Å². The van der Waals surface area contributed by atoms with Gasteiger partial charge in [0.1, 0.15) is 12.1 Å². The van der Waals surface area contributed by atoms with Crippen LogP contribution in [0.25, 0.3) is 5.69 Å². The Morgan fingerprint density at radius 1 is 1.27 bits per heavy atom. The highest BCUT2D eigenvalue weighted by Crippen LogP contribution is 2.17. The zero-order valence-corrected chi connectivity index (χ0v) is 14.2. The minimum absolute atomic E-state index is 0.0791. The second-order valence-corrected chi connectivity index (χ2v) is 6.27. The van der Waals surface area contributed by atoms with Gasteiger partial charge < -0.3 is 10.1 Å². The highest BCUT2D eigenvalue weighted by Gasteiger charge is 2.18. The highest BCUT2D eigenvalue weighted by molar-refractivity contribution is 5.91. The molecule has 9 nitrogen and oxygen atoms in total. The van der Waals surface area contributed by atoms with E-state index in [1.807, 2.05) is 35.0 Å². The molecule has 2 aromatic heterocycles. The summed E-state index contributed by atoms with van der Waals surface area (Å²) >= 11 is 0. The van der Waals surface area contributed by atoms with Crippen molar-refractivity contribution < 1.29 is 9.53 Å². The molecule has 1 N–H and O–H groups in total. The smallest absolute Gasteiger partial charge is 0.229 e. The molecule has 1 fully saturated rings. The van der Waals surface area contributed by atoms with Crippen molar-refractivity contribution in [2.24, 2.45) is 5.92 Å². The molecule has 1 atom stereocenters. The predicted octanol–water partition coefficient (Wildman–Crippen LogP) is 1.08. The quantitative estimate of drug-likeness (QED) is 0.712. The molecule has 1 aliphatic heterocycles. The van der Waals surface area contributed by atoms with Crippen molar-refractivity contribution in [1.82, 2.24) is 30.0 Å². The Morgan fingerprint density at radius 3 is 2.88 bits per heavy atom. The van der Waals surface area contributed by atoms with E-state index in [1.54, 1.807) is 10.9 Å². The van der Waals surface area contributed by atoms with Crippen molar-refractivity contribution in [3.05, 3.63) is 48.4 Å². The largest absolute Gasteiger partial charge is 0.381 e. The Balaban J connectivity index is 1.36. The number of carbonyl (C=O) groups excluding carboxylic acids is 1. The van der Waals surface area contributed by atoms with Crippen LogP contribution in [0, 0.1) is 5.92 Å². The maximum Gasteiger partial charge on any atom is 0.229 e. The summed E-state index contributed by atoms with van der Waals surface area (Å²) in [7, 11) is 0. The minimum atomic E-state index is -0.0791. The number of hydrogen-bond acceptors (Lipinski definition) is 6. The molecule has 0 aliphatic carbocycles. The number of nitrogens with one attached hydrogen (secondary N) is 1. The van der Waals surface area contributed by atoms with E-state index < -0.39 is 0 Å². The molecular weight excluding hydrogens is 334 g/mol. The van der Waals surface area contributed by atoms with Crippen molar-refractivity contribution in [2.45, 2.75) is 19.4 Å². The fourth-order valence-electron chi connectivity index (χ4n) is 2.97. The first-order valence-corrected chi connectivity index (χ1v) is 8.49. The Kier molecular flexibility index (Phi) is 4.69. The first-order valence-electron chi connectivity index (χ1n) is 8.49. The van der Waals surface area contributed by atoms with Crippen LogP contribution in [0.1, 0.15) is 12.0 Å². The van der Waals surface area contributed by atoms with Gasteiger partial charge in [0.15, 0.2) is 0 Å². The summed E-state index contributed by atoms with van der Waals surface area (Å²) in [5, 5.41) is 18.3. The van der Waals surface area contributed by atoms with Crippen LogP contribution in [0.4, 0.5) is 5.82 Å². The molecule has 1 amide bonds. The first kappa shape index (κ1) is 16.4. The molecule has 26 heavy (non-hydrogen) atoms. The molecule has 134 valence electrons. The summed E-state index contributed by atoms with van der Waals surface area (Å²) in [5.41, 5.74) is 1.76. The van der Waals surface area contributed by atoms with Crippen LogP contribution >= 0.6 is 0 Å². The number of anilines is 1. The van der Waals surface area contributed by atoms with Gasteiger partial charge in [0.25, 0.3) is 0 Å². The monoisotopic (exact) mass is 353 g/mol. The zero-order valence-electron chi connectivity index (χ0n) is 14.2. The average molecular weight is 353 g/mol. The maximum absolute atomic E-state index is 12.4. The molecule has 1 aromatic carbocycles. The molecule has 0 spiro atoms. The highest BCUT2D eigenvalue weighted by atomic mass is 16.5. The summed E-state index contributed by atoms with van der Waals surface area (Å²) in [6, 6.07) is 9.36. The van der Waals surface area contributed by atoms with Crippen molar-refractivity contribution in [3.8, 4) is 5.69 Å². The van der Waals surface area contributed by atoms with Gasteiger partial charge in [-0.3, -0.25) is 4.79 Å². The van der Waals surface area contributed by atoms with Gasteiger partial charge in [-0.1, -0.05) is 12.1 Å². The molecular formula is C17H19N7O2. The summed E-state index contributed by atoms with van der Waals surface area (Å²) in [6.45, 7) is 2.30. The van der Waals surface area contributed by atoms with Crippen LogP contribution < -0.4 is 5.32 Å². The molecule has 0 radical (unpaired) electrons. The number of ether oxygens (including phenoxy) is 1. The topological polar surface area (TPSA) is 99.8 Å². The van der Waals surface area contributed by atoms with E-state index in [0.29, 0.717) is 11.7 Å². The lowest BCUT2D eigenvalue weighted by molar-refractivity contribution is -0.115. The van der Waals surface area contributed by atoms with E-state index in [-0.39, 0.29) is 12.3 Å².